The standard InChI is InChI=1S/C13H24N2O2/c1-17-12(6-5-7-12)10-15-11(16)13(14)8-3-2-4-9-13/h2-10,14H2,1H3,(H,15,16). The number of hydrogen-bond donors (Lipinski definition) is 2. The minimum absolute atomic E-state index is 0.0144. The van der Waals surface area contributed by atoms with Gasteiger partial charge in [0.05, 0.1) is 11.1 Å². The minimum Gasteiger partial charge on any atom is -0.376 e. The zero-order valence-corrected chi connectivity index (χ0v) is 10.8. The average Bonchev–Trinajstić information content (AvgIpc) is 2.29. The summed E-state index contributed by atoms with van der Waals surface area (Å²) in [6.07, 6.45) is 8.25. The van der Waals surface area contributed by atoms with Gasteiger partial charge in [-0.25, -0.2) is 0 Å². The van der Waals surface area contributed by atoms with Crippen LogP contribution in [0.3, 0.4) is 0 Å². The maximum absolute atomic E-state index is 12.1. The molecule has 0 heterocycles. The third-order valence-electron chi connectivity index (χ3n) is 4.47. The fourth-order valence-electron chi connectivity index (χ4n) is 2.85. The first-order chi connectivity index (χ1) is 8.10. The van der Waals surface area contributed by atoms with Gasteiger partial charge in [0.2, 0.25) is 5.91 Å². The molecule has 2 fully saturated rings. The Morgan fingerprint density at radius 3 is 2.29 bits per heavy atom. The SMILES string of the molecule is COC1(CNC(=O)C2(N)CCCCC2)CCC1. The van der Waals surface area contributed by atoms with Gasteiger partial charge in [-0.15, -0.1) is 0 Å². The largest absolute Gasteiger partial charge is 0.376 e. The van der Waals surface area contributed by atoms with Crippen molar-refractivity contribution in [2.45, 2.75) is 62.5 Å². The lowest BCUT2D eigenvalue weighted by atomic mass is 9.79. The maximum atomic E-state index is 12.1. The second kappa shape index (κ2) is 4.94. The number of carbonyl (C=O) groups excluding carboxylic acids is 1. The van der Waals surface area contributed by atoms with Crippen molar-refractivity contribution in [1.29, 1.82) is 0 Å². The van der Waals surface area contributed by atoms with Gasteiger partial charge < -0.3 is 15.8 Å². The van der Waals surface area contributed by atoms with Crippen molar-refractivity contribution in [1.82, 2.24) is 5.32 Å². The molecule has 0 aromatic heterocycles. The van der Waals surface area contributed by atoms with Crippen molar-refractivity contribution in [2.24, 2.45) is 5.73 Å². The van der Waals surface area contributed by atoms with Gasteiger partial charge in [-0.05, 0) is 32.1 Å². The zero-order valence-electron chi connectivity index (χ0n) is 10.8. The first-order valence-corrected chi connectivity index (χ1v) is 6.73. The fourth-order valence-corrected chi connectivity index (χ4v) is 2.85. The number of amides is 1. The normalized spacial score (nSPS) is 26.0. The van der Waals surface area contributed by atoms with E-state index < -0.39 is 5.54 Å². The lowest BCUT2D eigenvalue weighted by molar-refractivity contribution is -0.131. The van der Waals surface area contributed by atoms with E-state index in [9.17, 15) is 4.79 Å². The van der Waals surface area contributed by atoms with Crippen molar-refractivity contribution < 1.29 is 9.53 Å². The molecule has 4 heteroatoms. The van der Waals surface area contributed by atoms with Gasteiger partial charge in [0.1, 0.15) is 0 Å². The minimum atomic E-state index is -0.628. The van der Waals surface area contributed by atoms with E-state index in [0.717, 1.165) is 38.5 Å². The number of methoxy groups -OCH3 is 1. The number of rotatable bonds is 4. The van der Waals surface area contributed by atoms with E-state index in [4.69, 9.17) is 10.5 Å². The highest BCUT2D eigenvalue weighted by Gasteiger charge is 2.40. The molecule has 0 unspecified atom stereocenters. The number of nitrogens with two attached hydrogens (primary N) is 1. The highest BCUT2D eigenvalue weighted by molar-refractivity contribution is 5.86. The van der Waals surface area contributed by atoms with Crippen LogP contribution in [0.25, 0.3) is 0 Å². The smallest absolute Gasteiger partial charge is 0.240 e. The Labute approximate surface area is 103 Å². The number of carbonyl (C=O) groups is 1. The molecule has 0 aromatic rings. The quantitative estimate of drug-likeness (QED) is 0.779. The Kier molecular flexibility index (Phi) is 3.73. The van der Waals surface area contributed by atoms with Crippen molar-refractivity contribution in [3.05, 3.63) is 0 Å². The Morgan fingerprint density at radius 2 is 1.82 bits per heavy atom. The predicted molar refractivity (Wildman–Crippen MR) is 66.6 cm³/mol. The molecule has 0 aromatic carbocycles. The monoisotopic (exact) mass is 240 g/mol. The van der Waals surface area contributed by atoms with Crippen LogP contribution >= 0.6 is 0 Å². The molecule has 2 aliphatic carbocycles. The molecular formula is C13H24N2O2. The molecule has 0 aliphatic heterocycles. The Bertz CT molecular complexity index is 276. The van der Waals surface area contributed by atoms with Gasteiger partial charge in [0.15, 0.2) is 0 Å². The number of nitrogens with one attached hydrogen (secondary N) is 1. The molecule has 3 N–H and O–H groups in total. The molecule has 0 saturated heterocycles. The van der Waals surface area contributed by atoms with Crippen LogP contribution in [0, 0.1) is 0 Å². The summed E-state index contributed by atoms with van der Waals surface area (Å²) < 4.78 is 5.49. The number of hydrogen-bond acceptors (Lipinski definition) is 3. The molecule has 0 bridgehead atoms. The zero-order chi connectivity index (χ0) is 12.4. The van der Waals surface area contributed by atoms with Crippen LogP contribution in [0.2, 0.25) is 0 Å². The van der Waals surface area contributed by atoms with Crippen molar-refractivity contribution in [3.63, 3.8) is 0 Å². The van der Waals surface area contributed by atoms with E-state index in [2.05, 4.69) is 5.32 Å². The first kappa shape index (κ1) is 12.8. The van der Waals surface area contributed by atoms with Crippen LogP contribution in [0.15, 0.2) is 0 Å². The number of ether oxygens (including phenoxy) is 1. The van der Waals surface area contributed by atoms with E-state index >= 15 is 0 Å². The summed E-state index contributed by atoms with van der Waals surface area (Å²) in [6, 6.07) is 0. The van der Waals surface area contributed by atoms with Gasteiger partial charge in [0.25, 0.3) is 0 Å². The van der Waals surface area contributed by atoms with E-state index in [1.54, 1.807) is 7.11 Å². The molecule has 1 amide bonds. The fraction of sp³-hybridized carbons (Fsp3) is 0.923. The van der Waals surface area contributed by atoms with Crippen molar-refractivity contribution in [3.8, 4) is 0 Å². The topological polar surface area (TPSA) is 64.3 Å². The van der Waals surface area contributed by atoms with Gasteiger partial charge in [-0.1, -0.05) is 19.3 Å². The van der Waals surface area contributed by atoms with Crippen LogP contribution in [0.5, 0.6) is 0 Å². The van der Waals surface area contributed by atoms with Crippen LogP contribution in [0.4, 0.5) is 0 Å². The lowest BCUT2D eigenvalue weighted by Crippen LogP contribution is -2.58. The Morgan fingerprint density at radius 1 is 1.18 bits per heavy atom. The van der Waals surface area contributed by atoms with Gasteiger partial charge in [-0.2, -0.15) is 0 Å². The van der Waals surface area contributed by atoms with Crippen LogP contribution < -0.4 is 11.1 Å². The average molecular weight is 240 g/mol. The summed E-state index contributed by atoms with van der Waals surface area (Å²) in [5.74, 6) is 0.0144. The maximum Gasteiger partial charge on any atom is 0.240 e. The molecule has 2 aliphatic rings. The highest BCUT2D eigenvalue weighted by Crippen LogP contribution is 2.34. The summed E-state index contributed by atoms with van der Waals surface area (Å²) in [7, 11) is 1.73. The van der Waals surface area contributed by atoms with Crippen molar-refractivity contribution in [2.75, 3.05) is 13.7 Å². The highest BCUT2D eigenvalue weighted by atomic mass is 16.5. The predicted octanol–water partition coefficient (Wildman–Crippen LogP) is 1.33. The van der Waals surface area contributed by atoms with E-state index in [1.165, 1.54) is 12.8 Å². The van der Waals surface area contributed by atoms with E-state index in [0.29, 0.717) is 6.54 Å². The Hall–Kier alpha value is -0.610. The van der Waals surface area contributed by atoms with Gasteiger partial charge >= 0.3 is 0 Å². The molecule has 2 rings (SSSR count). The van der Waals surface area contributed by atoms with E-state index in [1.807, 2.05) is 0 Å². The summed E-state index contributed by atoms with van der Waals surface area (Å²) >= 11 is 0. The Balaban J connectivity index is 1.84. The lowest BCUT2D eigenvalue weighted by Gasteiger charge is -2.41. The molecule has 0 atom stereocenters. The summed E-state index contributed by atoms with van der Waals surface area (Å²) in [5, 5.41) is 3.00. The van der Waals surface area contributed by atoms with Gasteiger partial charge in [-0.3, -0.25) is 4.79 Å². The van der Waals surface area contributed by atoms with Crippen LogP contribution in [0.1, 0.15) is 51.4 Å². The van der Waals surface area contributed by atoms with Crippen LogP contribution in [-0.2, 0) is 9.53 Å². The first-order valence-electron chi connectivity index (χ1n) is 6.73. The van der Waals surface area contributed by atoms with Crippen LogP contribution in [-0.4, -0.2) is 30.7 Å². The van der Waals surface area contributed by atoms with Crippen molar-refractivity contribution >= 4 is 5.91 Å². The van der Waals surface area contributed by atoms with Gasteiger partial charge in [0, 0.05) is 13.7 Å². The second-order valence-corrected chi connectivity index (χ2v) is 5.64. The van der Waals surface area contributed by atoms with E-state index in [-0.39, 0.29) is 11.5 Å². The molecule has 0 radical (unpaired) electrons. The summed E-state index contributed by atoms with van der Waals surface area (Å²) in [4.78, 5) is 12.1. The second-order valence-electron chi connectivity index (χ2n) is 5.64. The molecular weight excluding hydrogens is 216 g/mol. The molecule has 0 spiro atoms. The molecule has 2 saturated carbocycles. The molecule has 17 heavy (non-hydrogen) atoms. The molecule has 98 valence electrons. The third kappa shape index (κ3) is 2.63. The molecule has 4 nitrogen and oxygen atoms in total. The summed E-state index contributed by atoms with van der Waals surface area (Å²) in [5.41, 5.74) is 5.44. The summed E-state index contributed by atoms with van der Waals surface area (Å²) in [6.45, 7) is 0.612. The third-order valence-corrected chi connectivity index (χ3v) is 4.47.